The minimum atomic E-state index is -0.581. The largest absolute Gasteiger partial charge is 0.455 e. The molecule has 0 saturated carbocycles. The van der Waals surface area contributed by atoms with Crippen molar-refractivity contribution in [2.24, 2.45) is 0 Å². The van der Waals surface area contributed by atoms with Crippen LogP contribution in [0.4, 0.5) is 4.39 Å². The van der Waals surface area contributed by atoms with Crippen molar-refractivity contribution in [3.8, 4) is 39.6 Å². The van der Waals surface area contributed by atoms with Crippen molar-refractivity contribution in [1.82, 2.24) is 4.98 Å². The van der Waals surface area contributed by atoms with Crippen molar-refractivity contribution in [2.75, 3.05) is 0 Å². The van der Waals surface area contributed by atoms with Crippen LogP contribution in [0.5, 0.6) is 0 Å². The van der Waals surface area contributed by atoms with Crippen molar-refractivity contribution in [2.45, 2.75) is 52.4 Å². The van der Waals surface area contributed by atoms with E-state index in [2.05, 4.69) is 67.4 Å². The highest BCUT2D eigenvalue weighted by molar-refractivity contribution is 6.38. The highest BCUT2D eigenvalue weighted by Gasteiger charge is 2.35. The van der Waals surface area contributed by atoms with E-state index in [-0.39, 0.29) is 27.7 Å². The van der Waals surface area contributed by atoms with Crippen LogP contribution in [0.1, 0.15) is 62.4 Å². The first-order chi connectivity index (χ1) is 20.8. The van der Waals surface area contributed by atoms with Crippen molar-refractivity contribution in [1.29, 1.82) is 5.26 Å². The van der Waals surface area contributed by atoms with Gasteiger partial charge in [-0.15, -0.1) is 0 Å². The van der Waals surface area contributed by atoms with Gasteiger partial charge in [-0.25, -0.2) is 4.39 Å². The number of aromatic nitrogens is 1. The second-order valence-corrected chi connectivity index (χ2v) is 13.3. The first kappa shape index (κ1) is 28.2. The van der Waals surface area contributed by atoms with E-state index in [9.17, 15) is 5.26 Å². The van der Waals surface area contributed by atoms with Crippen LogP contribution in [0, 0.1) is 24.1 Å². The molecule has 0 unspecified atom stereocenters. The Bertz CT molecular complexity index is 2250. The Morgan fingerprint density at radius 2 is 1.52 bits per heavy atom. The van der Waals surface area contributed by atoms with Gasteiger partial charge in [0.1, 0.15) is 32.7 Å². The predicted molar refractivity (Wildman–Crippen MR) is 179 cm³/mol. The van der Waals surface area contributed by atoms with E-state index in [1.165, 1.54) is 16.7 Å². The first-order valence-corrected chi connectivity index (χ1v) is 14.7. The summed E-state index contributed by atoms with van der Waals surface area (Å²) in [4.78, 5) is 4.64. The summed E-state index contributed by atoms with van der Waals surface area (Å²) in [5.41, 5.74) is 9.32. The third-order valence-corrected chi connectivity index (χ3v) is 9.20. The number of pyridine rings is 1. The van der Waals surface area contributed by atoms with Gasteiger partial charge in [-0.3, -0.25) is 4.98 Å². The minimum absolute atomic E-state index is 0.0713. The lowest BCUT2D eigenvalue weighted by molar-refractivity contribution is 0.529. The molecule has 1 aliphatic carbocycles. The molecule has 0 fully saturated rings. The fourth-order valence-electron chi connectivity index (χ4n) is 7.04. The number of nitrogens with zero attached hydrogens (tertiary/aromatic N) is 2. The topological polar surface area (TPSA) is 49.8 Å². The fourth-order valence-corrected chi connectivity index (χ4v) is 7.04. The van der Waals surface area contributed by atoms with Crippen molar-refractivity contribution in [3.63, 3.8) is 0 Å². The predicted octanol–water partition coefficient (Wildman–Crippen LogP) is 7.83. The molecule has 4 aromatic carbocycles. The molecular formula is C38H29B2FN2O. The number of nitriles is 1. The summed E-state index contributed by atoms with van der Waals surface area (Å²) in [5.74, 6) is -0.568. The van der Waals surface area contributed by atoms with Crippen molar-refractivity contribution < 1.29 is 8.81 Å². The molecule has 2 aromatic heterocycles. The Balaban J connectivity index is 1.52. The first-order valence-electron chi connectivity index (χ1n) is 14.7. The van der Waals surface area contributed by atoms with E-state index >= 15 is 4.39 Å². The number of rotatable bonds is 2. The van der Waals surface area contributed by atoms with Crippen LogP contribution < -0.4 is 11.1 Å². The number of halogens is 1. The second kappa shape index (κ2) is 9.44. The standard InChI is InChI=1S/C38H29B2FN2O/c1-19-11-14-23-24-15-12-21(18-42)29(20-13-16-27-25(17-20)22-9-7-8-10-26(22)38(27,5)6)35(24)44-34(23)28(19)33-31(39)32(41)30(36(40)43-33)37(2,3)4/h7-17H,1-6H3. The van der Waals surface area contributed by atoms with E-state index in [0.717, 1.165) is 27.5 Å². The molecule has 2 heterocycles. The number of benzene rings is 4. The molecule has 3 nitrogen and oxygen atoms in total. The van der Waals surface area contributed by atoms with Crippen LogP contribution in [0.25, 0.3) is 55.4 Å². The summed E-state index contributed by atoms with van der Waals surface area (Å²) in [6.45, 7) is 12.0. The van der Waals surface area contributed by atoms with Gasteiger partial charge in [0, 0.05) is 32.9 Å². The number of furan rings is 1. The fraction of sp³-hybridized carbons (Fsp3) is 0.211. The third kappa shape index (κ3) is 3.85. The van der Waals surface area contributed by atoms with E-state index in [1.54, 1.807) is 0 Å². The van der Waals surface area contributed by atoms with Crippen LogP contribution in [0.3, 0.4) is 0 Å². The van der Waals surface area contributed by atoms with Gasteiger partial charge in [-0.1, -0.05) is 83.1 Å². The molecule has 210 valence electrons. The Labute approximate surface area is 259 Å². The van der Waals surface area contributed by atoms with E-state index in [0.29, 0.717) is 27.9 Å². The maximum atomic E-state index is 15.8. The molecule has 0 bridgehead atoms. The van der Waals surface area contributed by atoms with Crippen molar-refractivity contribution in [3.05, 3.63) is 100 Å². The Morgan fingerprint density at radius 1 is 0.864 bits per heavy atom. The lowest BCUT2D eigenvalue weighted by atomic mass is 9.76. The zero-order chi connectivity index (χ0) is 31.3. The van der Waals surface area contributed by atoms with Gasteiger partial charge in [0.25, 0.3) is 0 Å². The second-order valence-electron chi connectivity index (χ2n) is 13.3. The molecule has 0 atom stereocenters. The Morgan fingerprint density at radius 3 is 2.23 bits per heavy atom. The molecule has 0 amide bonds. The van der Waals surface area contributed by atoms with E-state index < -0.39 is 11.2 Å². The highest BCUT2D eigenvalue weighted by atomic mass is 19.1. The molecule has 7 rings (SSSR count). The van der Waals surface area contributed by atoms with Gasteiger partial charge in [0.2, 0.25) is 0 Å². The quantitative estimate of drug-likeness (QED) is 0.200. The molecule has 0 N–H and O–H groups in total. The maximum absolute atomic E-state index is 15.8. The summed E-state index contributed by atoms with van der Waals surface area (Å²) >= 11 is 0. The van der Waals surface area contributed by atoms with E-state index in [1.807, 2.05) is 52.0 Å². The molecule has 6 heteroatoms. The smallest absolute Gasteiger partial charge is 0.145 e. The zero-order valence-electron chi connectivity index (χ0n) is 25.7. The maximum Gasteiger partial charge on any atom is 0.145 e. The average Bonchev–Trinajstić information content (AvgIpc) is 3.46. The third-order valence-electron chi connectivity index (χ3n) is 9.20. The SMILES string of the molecule is [B]c1nc(-c2c(C)ccc3c2oc2c(-c4ccc5c(c4)-c4ccccc4C5(C)C)c(C#N)ccc23)c([B])c(F)c1C(C)(C)C. The summed E-state index contributed by atoms with van der Waals surface area (Å²) in [6, 6.07) is 24.9. The van der Waals surface area contributed by atoms with Crippen LogP contribution in [-0.4, -0.2) is 20.7 Å². The van der Waals surface area contributed by atoms with Crippen LogP contribution in [0.15, 0.2) is 71.1 Å². The molecule has 6 aromatic rings. The van der Waals surface area contributed by atoms with Gasteiger partial charge in [-0.2, -0.15) is 5.26 Å². The lowest BCUT2D eigenvalue weighted by Gasteiger charge is -2.25. The van der Waals surface area contributed by atoms with Crippen LogP contribution in [0.2, 0.25) is 0 Å². The molecule has 1 aliphatic rings. The Hall–Kier alpha value is -4.62. The van der Waals surface area contributed by atoms with Gasteiger partial charge in [0.15, 0.2) is 0 Å². The van der Waals surface area contributed by atoms with Gasteiger partial charge < -0.3 is 4.42 Å². The van der Waals surface area contributed by atoms with Crippen LogP contribution >= 0.6 is 0 Å². The normalized spacial score (nSPS) is 13.7. The Kier molecular flexibility index (Phi) is 6.04. The lowest BCUT2D eigenvalue weighted by Crippen LogP contribution is -2.34. The van der Waals surface area contributed by atoms with Gasteiger partial charge in [-0.05, 0) is 75.0 Å². The van der Waals surface area contributed by atoms with Crippen molar-refractivity contribution >= 4 is 48.7 Å². The molecular weight excluding hydrogens is 541 g/mol. The zero-order valence-corrected chi connectivity index (χ0v) is 25.7. The number of hydrogen-bond acceptors (Lipinski definition) is 3. The molecule has 44 heavy (non-hydrogen) atoms. The summed E-state index contributed by atoms with van der Waals surface area (Å²) < 4.78 is 22.5. The minimum Gasteiger partial charge on any atom is -0.455 e. The van der Waals surface area contributed by atoms with E-state index in [4.69, 9.17) is 20.1 Å². The number of fused-ring (bicyclic) bond motifs is 6. The number of aryl methyl sites for hydroxylation is 1. The average molecular weight is 570 g/mol. The summed E-state index contributed by atoms with van der Waals surface area (Å²) in [7, 11) is 12.8. The van der Waals surface area contributed by atoms with Gasteiger partial charge >= 0.3 is 0 Å². The molecule has 0 aliphatic heterocycles. The number of hydrogen-bond donors (Lipinski definition) is 0. The molecule has 4 radical (unpaired) electrons. The van der Waals surface area contributed by atoms with Crippen LogP contribution in [-0.2, 0) is 10.8 Å². The highest BCUT2D eigenvalue weighted by Crippen LogP contribution is 2.50. The molecule has 0 spiro atoms. The summed E-state index contributed by atoms with van der Waals surface area (Å²) in [6.07, 6.45) is 0. The summed E-state index contributed by atoms with van der Waals surface area (Å²) in [5, 5.41) is 11.9. The van der Waals surface area contributed by atoms with Gasteiger partial charge in [0.05, 0.1) is 17.3 Å². The monoisotopic (exact) mass is 570 g/mol. The molecule has 0 saturated heterocycles.